The molecule has 2 aliphatic heterocycles. The van der Waals surface area contributed by atoms with E-state index in [2.05, 4.69) is 10.3 Å². The molecule has 4 N–H and O–H groups in total. The Kier molecular flexibility index (Phi) is 10.6. The summed E-state index contributed by atoms with van der Waals surface area (Å²) >= 11 is 13.3. The van der Waals surface area contributed by atoms with Crippen molar-refractivity contribution in [3.05, 3.63) is 99.2 Å². The maximum Gasteiger partial charge on any atom is 0.245 e. The van der Waals surface area contributed by atoms with Gasteiger partial charge in [-0.3, -0.25) is 15.0 Å². The second kappa shape index (κ2) is 14.9. The molecule has 0 bridgehead atoms. The van der Waals surface area contributed by atoms with Crippen LogP contribution >= 0.6 is 23.2 Å². The van der Waals surface area contributed by atoms with Gasteiger partial charge < -0.3 is 20.7 Å². The SMILES string of the molecule is Cc1ccc2cccc(OCc3c(Cl)ccc(S(=O)(=O)N4CCC[C@H]4C(=O)NC4CCN(C(=O)Cc5ccc(C(=N)N)cc5)CC4)c3Cl)c2n1. The quantitative estimate of drug-likeness (QED) is 0.149. The number of fused-ring (bicyclic) bond motifs is 1. The van der Waals surface area contributed by atoms with Gasteiger partial charge in [0.25, 0.3) is 0 Å². The third kappa shape index (κ3) is 7.58. The second-order valence-electron chi connectivity index (χ2n) is 12.6. The number of hydrogen-bond acceptors (Lipinski definition) is 7. The van der Waals surface area contributed by atoms with E-state index in [1.807, 2.05) is 31.2 Å². The van der Waals surface area contributed by atoms with Crippen LogP contribution in [0.15, 0.2) is 71.6 Å². The number of likely N-dealkylation sites (tertiary alicyclic amines) is 1. The number of nitrogens with two attached hydrogens (primary N) is 1. The van der Waals surface area contributed by atoms with E-state index in [1.54, 1.807) is 35.2 Å². The standard InChI is InChI=1S/C36H38Cl2N6O5S/c1-22-7-10-24-4-2-6-30(34(24)41-22)49-21-27-28(37)13-14-31(33(27)38)50(47,48)44-17-3-5-29(44)36(46)42-26-15-18-43(19-16-26)32(45)20-23-8-11-25(12-9-23)35(39)40/h2,4,6-14,26,29H,3,5,15-21H2,1H3,(H3,39,40)(H,42,46)/t29-/m0/s1. The molecule has 2 amide bonds. The van der Waals surface area contributed by atoms with Gasteiger partial charge in [0, 0.05) is 52.9 Å². The fourth-order valence-electron chi connectivity index (χ4n) is 6.47. The molecule has 2 aliphatic rings. The molecule has 1 atom stereocenters. The summed E-state index contributed by atoms with van der Waals surface area (Å²) in [5.41, 5.74) is 8.75. The number of ether oxygens (including phenoxy) is 1. The lowest BCUT2D eigenvalue weighted by atomic mass is 10.0. The minimum atomic E-state index is -4.18. The fraction of sp³-hybridized carbons (Fsp3) is 0.333. The number of amides is 2. The second-order valence-corrected chi connectivity index (χ2v) is 15.3. The summed E-state index contributed by atoms with van der Waals surface area (Å²) in [5, 5.41) is 11.7. The van der Waals surface area contributed by atoms with Crippen molar-refractivity contribution >= 4 is 61.8 Å². The van der Waals surface area contributed by atoms with Crippen LogP contribution in [0, 0.1) is 12.3 Å². The zero-order chi connectivity index (χ0) is 35.6. The molecule has 1 aromatic heterocycles. The van der Waals surface area contributed by atoms with Gasteiger partial charge in [-0.05, 0) is 62.4 Å². The third-order valence-corrected chi connectivity index (χ3v) is 12.1. The summed E-state index contributed by atoms with van der Waals surface area (Å²) in [4.78, 5) is 32.7. The summed E-state index contributed by atoms with van der Waals surface area (Å²) in [7, 11) is -4.18. The van der Waals surface area contributed by atoms with Crippen LogP contribution in [0.4, 0.5) is 0 Å². The van der Waals surface area contributed by atoms with E-state index in [0.29, 0.717) is 61.2 Å². The number of hydrogen-bond donors (Lipinski definition) is 3. The lowest BCUT2D eigenvalue weighted by Crippen LogP contribution is -2.52. The number of benzene rings is 3. The van der Waals surface area contributed by atoms with Crippen molar-refractivity contribution in [3.8, 4) is 5.75 Å². The zero-order valence-corrected chi connectivity index (χ0v) is 29.8. The molecule has 0 spiro atoms. The Morgan fingerprint density at radius 1 is 1.00 bits per heavy atom. The summed E-state index contributed by atoms with van der Waals surface area (Å²) < 4.78 is 35.4. The van der Waals surface area contributed by atoms with E-state index < -0.39 is 16.1 Å². The van der Waals surface area contributed by atoms with E-state index in [4.69, 9.17) is 39.1 Å². The molecule has 14 heteroatoms. The normalized spacial score (nSPS) is 17.2. The summed E-state index contributed by atoms with van der Waals surface area (Å²) in [6, 6.07) is 18.2. The molecule has 4 aromatic rings. The van der Waals surface area contributed by atoms with E-state index >= 15 is 0 Å². The van der Waals surface area contributed by atoms with E-state index in [0.717, 1.165) is 16.6 Å². The first-order valence-electron chi connectivity index (χ1n) is 16.4. The molecule has 11 nitrogen and oxygen atoms in total. The number of aryl methyl sites for hydroxylation is 1. The van der Waals surface area contributed by atoms with Gasteiger partial charge in [0.2, 0.25) is 21.8 Å². The Balaban J connectivity index is 1.09. The summed E-state index contributed by atoms with van der Waals surface area (Å²) in [6.45, 7) is 2.92. The third-order valence-electron chi connectivity index (χ3n) is 9.25. The largest absolute Gasteiger partial charge is 0.487 e. The topological polar surface area (TPSA) is 159 Å². The van der Waals surface area contributed by atoms with E-state index in [1.165, 1.54) is 16.4 Å². The number of para-hydroxylation sites is 1. The average Bonchev–Trinajstić information content (AvgIpc) is 3.60. The van der Waals surface area contributed by atoms with Gasteiger partial charge in [-0.15, -0.1) is 0 Å². The number of nitrogen functional groups attached to an aromatic ring is 1. The highest BCUT2D eigenvalue weighted by Crippen LogP contribution is 2.36. The molecular formula is C36H38Cl2N6O5S. The van der Waals surface area contributed by atoms with Crippen LogP contribution in [0.2, 0.25) is 10.0 Å². The summed E-state index contributed by atoms with van der Waals surface area (Å²) in [5.74, 6) is 0.0965. The lowest BCUT2D eigenvalue weighted by molar-refractivity contribution is -0.131. The predicted octanol–water partition coefficient (Wildman–Crippen LogP) is 5.22. The maximum absolute atomic E-state index is 14.0. The van der Waals surface area contributed by atoms with Crippen LogP contribution in [-0.4, -0.2) is 72.0 Å². The van der Waals surface area contributed by atoms with Crippen molar-refractivity contribution in [2.75, 3.05) is 19.6 Å². The highest BCUT2D eigenvalue weighted by molar-refractivity contribution is 7.89. The summed E-state index contributed by atoms with van der Waals surface area (Å²) in [6.07, 6.45) is 2.23. The van der Waals surface area contributed by atoms with E-state index in [9.17, 15) is 18.0 Å². The van der Waals surface area contributed by atoms with Crippen LogP contribution in [-0.2, 0) is 32.6 Å². The smallest absolute Gasteiger partial charge is 0.245 e. The van der Waals surface area contributed by atoms with Crippen LogP contribution in [0.5, 0.6) is 5.75 Å². The number of piperidine rings is 1. The van der Waals surface area contributed by atoms with Crippen molar-refractivity contribution in [1.29, 1.82) is 5.41 Å². The number of nitrogens with zero attached hydrogens (tertiary/aromatic N) is 3. The van der Waals surface area contributed by atoms with Gasteiger partial charge >= 0.3 is 0 Å². The van der Waals surface area contributed by atoms with Crippen LogP contribution in [0.3, 0.4) is 0 Å². The highest BCUT2D eigenvalue weighted by atomic mass is 35.5. The van der Waals surface area contributed by atoms with Crippen LogP contribution < -0.4 is 15.8 Å². The first-order valence-corrected chi connectivity index (χ1v) is 18.6. The minimum absolute atomic E-state index is 0.0214. The molecule has 0 aliphatic carbocycles. The molecule has 0 radical (unpaired) electrons. The van der Waals surface area contributed by atoms with Gasteiger partial charge in [-0.25, -0.2) is 13.4 Å². The Morgan fingerprint density at radius 3 is 2.46 bits per heavy atom. The first-order chi connectivity index (χ1) is 23.9. The number of amidine groups is 1. The Labute approximate surface area is 301 Å². The first kappa shape index (κ1) is 35.6. The molecule has 50 heavy (non-hydrogen) atoms. The molecular weight excluding hydrogens is 699 g/mol. The van der Waals surface area contributed by atoms with Gasteiger partial charge in [0.05, 0.1) is 11.4 Å². The van der Waals surface area contributed by atoms with Gasteiger partial charge in [-0.2, -0.15) is 4.31 Å². The van der Waals surface area contributed by atoms with Crippen molar-refractivity contribution in [2.45, 2.75) is 62.6 Å². The Hall–Kier alpha value is -4.23. The monoisotopic (exact) mass is 736 g/mol. The molecule has 0 unspecified atom stereocenters. The fourth-order valence-corrected chi connectivity index (χ4v) is 8.99. The minimum Gasteiger partial charge on any atom is -0.487 e. The van der Waals surface area contributed by atoms with Crippen LogP contribution in [0.1, 0.15) is 48.1 Å². The molecule has 3 aromatic carbocycles. The number of pyridine rings is 1. The molecule has 3 heterocycles. The zero-order valence-electron chi connectivity index (χ0n) is 27.5. The molecule has 2 saturated heterocycles. The van der Waals surface area contributed by atoms with Gasteiger partial charge in [0.1, 0.15) is 34.6 Å². The van der Waals surface area contributed by atoms with Crippen molar-refractivity contribution in [1.82, 2.24) is 19.5 Å². The highest BCUT2D eigenvalue weighted by Gasteiger charge is 2.41. The molecule has 6 rings (SSSR count). The lowest BCUT2D eigenvalue weighted by Gasteiger charge is -2.33. The van der Waals surface area contributed by atoms with Crippen molar-refractivity contribution in [3.63, 3.8) is 0 Å². The Morgan fingerprint density at radius 2 is 1.74 bits per heavy atom. The number of sulfonamides is 1. The van der Waals surface area contributed by atoms with E-state index in [-0.39, 0.29) is 58.2 Å². The van der Waals surface area contributed by atoms with Gasteiger partial charge in [0.15, 0.2) is 0 Å². The van der Waals surface area contributed by atoms with Crippen molar-refractivity contribution < 1.29 is 22.7 Å². The maximum atomic E-state index is 14.0. The van der Waals surface area contributed by atoms with Gasteiger partial charge in [-0.1, -0.05) is 65.7 Å². The number of carbonyl (C=O) groups is 2. The number of rotatable bonds is 10. The molecule has 2 fully saturated rings. The van der Waals surface area contributed by atoms with Crippen LogP contribution in [0.25, 0.3) is 10.9 Å². The average molecular weight is 738 g/mol. The number of carbonyl (C=O) groups excluding carboxylic acids is 2. The number of aromatic nitrogens is 1. The molecule has 262 valence electrons. The van der Waals surface area contributed by atoms with Crippen molar-refractivity contribution in [2.24, 2.45) is 5.73 Å². The predicted molar refractivity (Wildman–Crippen MR) is 193 cm³/mol. The number of halogens is 2. The molecule has 0 saturated carbocycles. The Bertz CT molecular complexity index is 2050. The number of nitrogens with one attached hydrogen (secondary N) is 2.